The molecular weight excluding hydrogens is 547 g/mol. The van der Waals surface area contributed by atoms with E-state index in [1.165, 1.54) is 57.4 Å². The molecule has 2 aromatic heterocycles. The number of methoxy groups -OCH3 is 1. The summed E-state index contributed by atoms with van der Waals surface area (Å²) >= 11 is 0. The third-order valence-corrected chi connectivity index (χ3v) is 7.58. The number of aromatic nitrogens is 2. The SMILES string of the molecule is COc1cc(C(=O)NCC2(c3cc(C(C)(C)O)c(F)c(-c4ccc(F)cc4)n3)CCCCO2)cc2cc(C)c(F)nc12. The highest BCUT2D eigenvalue weighted by molar-refractivity contribution is 6.00. The highest BCUT2D eigenvalue weighted by Gasteiger charge is 2.40. The Balaban J connectivity index is 1.54. The molecule has 1 atom stereocenters. The van der Waals surface area contributed by atoms with E-state index >= 15 is 4.39 Å². The predicted molar refractivity (Wildman–Crippen MR) is 152 cm³/mol. The minimum atomic E-state index is -1.57. The Labute approximate surface area is 241 Å². The summed E-state index contributed by atoms with van der Waals surface area (Å²) in [7, 11) is 1.42. The van der Waals surface area contributed by atoms with E-state index in [4.69, 9.17) is 9.47 Å². The molecule has 1 saturated heterocycles. The van der Waals surface area contributed by atoms with E-state index < -0.39 is 34.7 Å². The Kier molecular flexibility index (Phi) is 7.96. The molecule has 1 unspecified atom stereocenters. The van der Waals surface area contributed by atoms with Crippen LogP contribution in [0.2, 0.25) is 0 Å². The Hall–Kier alpha value is -4.02. The van der Waals surface area contributed by atoms with Gasteiger partial charge in [-0.3, -0.25) is 4.79 Å². The van der Waals surface area contributed by atoms with Gasteiger partial charge >= 0.3 is 0 Å². The first-order valence-corrected chi connectivity index (χ1v) is 13.7. The fraction of sp³-hybridized carbons (Fsp3) is 0.344. The molecule has 220 valence electrons. The average molecular weight is 580 g/mol. The van der Waals surface area contributed by atoms with Gasteiger partial charge in [-0.05, 0) is 88.6 Å². The molecule has 1 fully saturated rings. The smallest absolute Gasteiger partial charge is 0.251 e. The van der Waals surface area contributed by atoms with Crippen LogP contribution in [-0.2, 0) is 15.9 Å². The maximum Gasteiger partial charge on any atom is 0.251 e. The molecule has 3 heterocycles. The normalized spacial score (nSPS) is 17.3. The van der Waals surface area contributed by atoms with Crippen LogP contribution in [0.3, 0.4) is 0 Å². The van der Waals surface area contributed by atoms with Crippen LogP contribution in [0.15, 0.2) is 48.5 Å². The maximum atomic E-state index is 15.7. The number of hydrogen-bond donors (Lipinski definition) is 2. The number of carbonyl (C=O) groups is 1. The van der Waals surface area contributed by atoms with Gasteiger partial charge in [0.2, 0.25) is 5.95 Å². The first-order chi connectivity index (χ1) is 19.9. The van der Waals surface area contributed by atoms with Crippen molar-refractivity contribution in [3.63, 3.8) is 0 Å². The topological polar surface area (TPSA) is 93.6 Å². The summed E-state index contributed by atoms with van der Waals surface area (Å²) in [6, 6.07) is 11.4. The van der Waals surface area contributed by atoms with E-state index in [-0.39, 0.29) is 29.1 Å². The van der Waals surface area contributed by atoms with Gasteiger partial charge in [0.25, 0.3) is 5.91 Å². The lowest BCUT2D eigenvalue weighted by atomic mass is 9.86. The summed E-state index contributed by atoms with van der Waals surface area (Å²) < 4.78 is 55.2. The van der Waals surface area contributed by atoms with Crippen LogP contribution < -0.4 is 10.1 Å². The van der Waals surface area contributed by atoms with Gasteiger partial charge in [-0.1, -0.05) is 0 Å². The third kappa shape index (κ3) is 5.69. The fourth-order valence-corrected chi connectivity index (χ4v) is 5.24. The molecule has 0 bridgehead atoms. The number of fused-ring (bicyclic) bond motifs is 1. The van der Waals surface area contributed by atoms with Gasteiger partial charge in [-0.2, -0.15) is 4.39 Å². The number of ether oxygens (including phenoxy) is 2. The number of aryl methyl sites for hydroxylation is 1. The number of pyridine rings is 2. The maximum absolute atomic E-state index is 15.7. The fourth-order valence-electron chi connectivity index (χ4n) is 5.24. The van der Waals surface area contributed by atoms with Crippen LogP contribution in [0.25, 0.3) is 22.2 Å². The first kappa shape index (κ1) is 29.5. The van der Waals surface area contributed by atoms with Crippen LogP contribution in [-0.4, -0.2) is 41.2 Å². The van der Waals surface area contributed by atoms with Crippen molar-refractivity contribution in [1.29, 1.82) is 0 Å². The summed E-state index contributed by atoms with van der Waals surface area (Å²) in [4.78, 5) is 22.0. The molecule has 0 radical (unpaired) electrons. The minimum Gasteiger partial charge on any atom is -0.494 e. The predicted octanol–water partition coefficient (Wildman–Crippen LogP) is 6.08. The van der Waals surface area contributed by atoms with Crippen molar-refractivity contribution in [2.45, 2.75) is 51.2 Å². The lowest BCUT2D eigenvalue weighted by Gasteiger charge is -2.38. The standard InChI is InChI=1S/C32H32F3N3O4/c1-18-13-20-14-21(15-24(41-4)27(20)38-29(18)35)30(39)36-17-32(11-5-6-12-42-32)25-16-23(31(2,3)40)26(34)28(37-25)19-7-9-22(33)10-8-19/h7-10,13-16,40H,5-6,11-12,17H2,1-4H3,(H,36,39). The van der Waals surface area contributed by atoms with E-state index in [0.29, 0.717) is 40.8 Å². The van der Waals surface area contributed by atoms with Crippen LogP contribution in [0.1, 0.15) is 60.3 Å². The van der Waals surface area contributed by atoms with Crippen molar-refractivity contribution in [2.24, 2.45) is 0 Å². The quantitative estimate of drug-likeness (QED) is 0.258. The van der Waals surface area contributed by atoms with Gasteiger partial charge < -0.3 is 19.9 Å². The first-order valence-electron chi connectivity index (χ1n) is 13.7. The molecule has 0 spiro atoms. The molecule has 7 nitrogen and oxygen atoms in total. The lowest BCUT2D eigenvalue weighted by molar-refractivity contribution is -0.0838. The van der Waals surface area contributed by atoms with Gasteiger partial charge in [0, 0.05) is 34.2 Å². The molecule has 2 aromatic carbocycles. The average Bonchev–Trinajstić information content (AvgIpc) is 2.96. The van der Waals surface area contributed by atoms with E-state index in [0.717, 1.165) is 12.8 Å². The molecule has 0 aliphatic carbocycles. The zero-order valence-corrected chi connectivity index (χ0v) is 23.9. The van der Waals surface area contributed by atoms with Crippen molar-refractivity contribution in [3.8, 4) is 17.0 Å². The van der Waals surface area contributed by atoms with Crippen molar-refractivity contribution in [3.05, 3.63) is 88.5 Å². The molecular formula is C32H32F3N3O4. The zero-order valence-electron chi connectivity index (χ0n) is 23.9. The highest BCUT2D eigenvalue weighted by Crippen LogP contribution is 2.39. The molecule has 5 rings (SSSR count). The number of nitrogens with zero attached hydrogens (tertiary/aromatic N) is 2. The van der Waals surface area contributed by atoms with E-state index in [1.54, 1.807) is 19.1 Å². The summed E-state index contributed by atoms with van der Waals surface area (Å²) in [5.74, 6) is -2.01. The number of rotatable bonds is 7. The number of aliphatic hydroxyl groups is 1. The van der Waals surface area contributed by atoms with Crippen LogP contribution in [0.4, 0.5) is 13.2 Å². The van der Waals surface area contributed by atoms with Gasteiger partial charge in [0.1, 0.15) is 28.4 Å². The summed E-state index contributed by atoms with van der Waals surface area (Å²) in [6.45, 7) is 4.91. The number of nitrogens with one attached hydrogen (secondary N) is 1. The molecule has 10 heteroatoms. The monoisotopic (exact) mass is 579 g/mol. The Morgan fingerprint density at radius 1 is 1.10 bits per heavy atom. The van der Waals surface area contributed by atoms with Crippen molar-refractivity contribution in [1.82, 2.24) is 15.3 Å². The van der Waals surface area contributed by atoms with Crippen LogP contribution >= 0.6 is 0 Å². The highest BCUT2D eigenvalue weighted by atomic mass is 19.1. The number of halogens is 3. The largest absolute Gasteiger partial charge is 0.494 e. The Bertz CT molecular complexity index is 1650. The number of amides is 1. The molecule has 42 heavy (non-hydrogen) atoms. The van der Waals surface area contributed by atoms with Crippen molar-refractivity contribution >= 4 is 16.8 Å². The summed E-state index contributed by atoms with van der Waals surface area (Å²) in [6.07, 6.45) is 2.04. The second-order valence-corrected chi connectivity index (χ2v) is 11.1. The third-order valence-electron chi connectivity index (χ3n) is 7.58. The molecule has 2 N–H and O–H groups in total. The second-order valence-electron chi connectivity index (χ2n) is 11.1. The molecule has 0 saturated carbocycles. The summed E-state index contributed by atoms with van der Waals surface area (Å²) in [5, 5.41) is 14.3. The molecule has 1 amide bonds. The summed E-state index contributed by atoms with van der Waals surface area (Å²) in [5.41, 5.74) is -1.17. The second kappa shape index (κ2) is 11.3. The van der Waals surface area contributed by atoms with Gasteiger partial charge in [-0.25, -0.2) is 18.7 Å². The molecule has 1 aliphatic rings. The Morgan fingerprint density at radius 2 is 1.83 bits per heavy atom. The minimum absolute atomic E-state index is 0.000328. The van der Waals surface area contributed by atoms with Gasteiger partial charge in [0.15, 0.2) is 5.82 Å². The zero-order chi connectivity index (χ0) is 30.2. The molecule has 4 aromatic rings. The van der Waals surface area contributed by atoms with E-state index in [2.05, 4.69) is 15.3 Å². The molecule has 1 aliphatic heterocycles. The van der Waals surface area contributed by atoms with Crippen molar-refractivity contribution < 1.29 is 32.5 Å². The van der Waals surface area contributed by atoms with Gasteiger partial charge in [0.05, 0.1) is 24.9 Å². The van der Waals surface area contributed by atoms with E-state index in [9.17, 15) is 18.7 Å². The number of hydrogen-bond acceptors (Lipinski definition) is 6. The van der Waals surface area contributed by atoms with Gasteiger partial charge in [-0.15, -0.1) is 0 Å². The van der Waals surface area contributed by atoms with Crippen molar-refractivity contribution in [2.75, 3.05) is 20.3 Å². The number of carbonyl (C=O) groups excluding carboxylic acids is 1. The lowest BCUT2D eigenvalue weighted by Crippen LogP contribution is -2.45. The van der Waals surface area contributed by atoms with Crippen LogP contribution in [0.5, 0.6) is 5.75 Å². The van der Waals surface area contributed by atoms with E-state index in [1.807, 2.05) is 0 Å². The van der Waals surface area contributed by atoms with Crippen LogP contribution in [0, 0.1) is 24.5 Å². The Morgan fingerprint density at radius 3 is 2.48 bits per heavy atom. The number of benzene rings is 2.